The summed E-state index contributed by atoms with van der Waals surface area (Å²) in [4.78, 5) is 8.25. The lowest BCUT2D eigenvalue weighted by atomic mass is 10.3. The van der Waals surface area contributed by atoms with Crippen molar-refractivity contribution < 1.29 is 9.09 Å². The third-order valence-electron chi connectivity index (χ3n) is 1.71. The standard InChI is InChI=1S/C10H10N2O2P/c1-15(2,13)14-9-5-3-4-8-10(9)12-7-6-11-8/h3-4,6-7H,1-2H3. The average Bonchev–Trinajstić information content (AvgIpc) is 2.16. The number of nitrogens with zero attached hydrogens (tertiary/aromatic N) is 2. The van der Waals surface area contributed by atoms with Crippen LogP contribution in [0.4, 0.5) is 0 Å². The van der Waals surface area contributed by atoms with Crippen LogP contribution in [0.1, 0.15) is 0 Å². The van der Waals surface area contributed by atoms with Crippen LogP contribution in [0.15, 0.2) is 24.5 Å². The third kappa shape index (κ3) is 2.34. The zero-order valence-corrected chi connectivity index (χ0v) is 9.36. The molecule has 0 atom stereocenters. The lowest BCUT2D eigenvalue weighted by Gasteiger charge is -2.10. The Hall–Kier alpha value is -1.41. The molecule has 0 saturated carbocycles. The maximum Gasteiger partial charge on any atom is 0.242 e. The summed E-state index contributed by atoms with van der Waals surface area (Å²) in [6.07, 6.45) is 3.17. The second kappa shape index (κ2) is 3.63. The molecule has 0 aliphatic carbocycles. The molecular weight excluding hydrogens is 211 g/mol. The molecule has 0 bridgehead atoms. The van der Waals surface area contributed by atoms with Crippen LogP contribution < -0.4 is 4.52 Å². The van der Waals surface area contributed by atoms with Crippen molar-refractivity contribution in [2.24, 2.45) is 0 Å². The average molecular weight is 221 g/mol. The summed E-state index contributed by atoms with van der Waals surface area (Å²) in [5.41, 5.74) is 1.30. The molecule has 1 heterocycles. The van der Waals surface area contributed by atoms with Crippen LogP contribution in [0.5, 0.6) is 5.75 Å². The van der Waals surface area contributed by atoms with Crippen LogP contribution in [0, 0.1) is 6.07 Å². The monoisotopic (exact) mass is 221 g/mol. The SMILES string of the molecule is CP(C)(=O)Oc1[c]ccc2nccnc12. The van der Waals surface area contributed by atoms with E-state index in [1.807, 2.05) is 0 Å². The Morgan fingerprint density at radius 3 is 2.80 bits per heavy atom. The lowest BCUT2D eigenvalue weighted by Crippen LogP contribution is -1.92. The van der Waals surface area contributed by atoms with Crippen LogP contribution in [-0.2, 0) is 4.57 Å². The van der Waals surface area contributed by atoms with Crippen LogP contribution >= 0.6 is 7.37 Å². The Kier molecular flexibility index (Phi) is 2.45. The molecule has 1 aromatic carbocycles. The van der Waals surface area contributed by atoms with E-state index in [2.05, 4.69) is 16.0 Å². The summed E-state index contributed by atoms with van der Waals surface area (Å²) in [5.74, 6) is 0.397. The highest BCUT2D eigenvalue weighted by molar-refractivity contribution is 7.57. The molecule has 0 aliphatic rings. The Bertz CT molecular complexity index is 530. The molecule has 4 nitrogen and oxygen atoms in total. The van der Waals surface area contributed by atoms with E-state index in [4.69, 9.17) is 4.52 Å². The largest absolute Gasteiger partial charge is 0.440 e. The van der Waals surface area contributed by atoms with Gasteiger partial charge in [-0.25, -0.2) is 4.98 Å². The van der Waals surface area contributed by atoms with Gasteiger partial charge in [0.25, 0.3) is 0 Å². The first-order chi connectivity index (χ1) is 7.06. The van der Waals surface area contributed by atoms with Gasteiger partial charge in [0.15, 0.2) is 5.75 Å². The molecule has 0 saturated heterocycles. The second-order valence-corrected chi connectivity index (χ2v) is 6.13. The van der Waals surface area contributed by atoms with Gasteiger partial charge in [-0.05, 0) is 12.1 Å². The van der Waals surface area contributed by atoms with Gasteiger partial charge in [0.05, 0.1) is 5.52 Å². The van der Waals surface area contributed by atoms with Crippen LogP contribution in [0.25, 0.3) is 11.0 Å². The highest BCUT2D eigenvalue weighted by atomic mass is 31.2. The lowest BCUT2D eigenvalue weighted by molar-refractivity contribution is 0.496. The molecule has 77 valence electrons. The number of fused-ring (bicyclic) bond motifs is 1. The van der Waals surface area contributed by atoms with Crippen molar-refractivity contribution in [3.05, 3.63) is 30.6 Å². The number of benzene rings is 1. The summed E-state index contributed by atoms with van der Waals surface area (Å²) in [6.45, 7) is 3.10. The van der Waals surface area contributed by atoms with Crippen molar-refractivity contribution in [3.8, 4) is 5.75 Å². The van der Waals surface area contributed by atoms with Crippen molar-refractivity contribution >= 4 is 18.4 Å². The maximum atomic E-state index is 11.5. The fourth-order valence-corrected chi connectivity index (χ4v) is 1.78. The zero-order chi connectivity index (χ0) is 10.9. The number of rotatable bonds is 2. The fraction of sp³-hybridized carbons (Fsp3) is 0.200. The molecule has 0 spiro atoms. The minimum absolute atomic E-state index is 0.397. The minimum Gasteiger partial charge on any atom is -0.440 e. The maximum absolute atomic E-state index is 11.5. The van der Waals surface area contributed by atoms with Crippen LogP contribution in [-0.4, -0.2) is 23.3 Å². The molecule has 0 aliphatic heterocycles. The molecule has 0 unspecified atom stereocenters. The summed E-state index contributed by atoms with van der Waals surface area (Å²) in [7, 11) is -2.59. The molecule has 1 radical (unpaired) electrons. The molecule has 0 fully saturated rings. The van der Waals surface area contributed by atoms with Crippen molar-refractivity contribution in [2.45, 2.75) is 0 Å². The van der Waals surface area contributed by atoms with Crippen molar-refractivity contribution in [3.63, 3.8) is 0 Å². The second-order valence-electron chi connectivity index (χ2n) is 3.44. The van der Waals surface area contributed by atoms with Crippen LogP contribution in [0.2, 0.25) is 0 Å². The topological polar surface area (TPSA) is 52.1 Å². The van der Waals surface area contributed by atoms with Gasteiger partial charge in [-0.15, -0.1) is 0 Å². The summed E-state index contributed by atoms with van der Waals surface area (Å²) < 4.78 is 16.8. The predicted molar refractivity (Wildman–Crippen MR) is 58.5 cm³/mol. The van der Waals surface area contributed by atoms with E-state index in [0.717, 1.165) is 0 Å². The van der Waals surface area contributed by atoms with E-state index in [9.17, 15) is 4.57 Å². The molecule has 0 N–H and O–H groups in total. The Morgan fingerprint density at radius 1 is 1.33 bits per heavy atom. The highest BCUT2D eigenvalue weighted by Crippen LogP contribution is 2.40. The first-order valence-electron chi connectivity index (χ1n) is 4.42. The first kappa shape index (κ1) is 10.1. The summed E-state index contributed by atoms with van der Waals surface area (Å²) in [5, 5.41) is 0. The van der Waals surface area contributed by atoms with Gasteiger partial charge in [0.1, 0.15) is 5.52 Å². The van der Waals surface area contributed by atoms with E-state index in [1.165, 1.54) is 0 Å². The van der Waals surface area contributed by atoms with Crippen LogP contribution in [0.3, 0.4) is 0 Å². The number of aromatic nitrogens is 2. The Labute approximate surface area is 87.8 Å². The molecule has 15 heavy (non-hydrogen) atoms. The molecule has 2 aromatic rings. The minimum atomic E-state index is -2.59. The van der Waals surface area contributed by atoms with E-state index in [1.54, 1.807) is 37.9 Å². The fourth-order valence-electron chi connectivity index (χ4n) is 1.20. The van der Waals surface area contributed by atoms with Gasteiger partial charge in [0, 0.05) is 31.8 Å². The van der Waals surface area contributed by atoms with Gasteiger partial charge in [-0.3, -0.25) is 9.55 Å². The molecule has 1 aromatic heterocycles. The Balaban J connectivity index is 2.56. The van der Waals surface area contributed by atoms with Gasteiger partial charge in [-0.1, -0.05) is 0 Å². The molecule has 5 heteroatoms. The molecule has 0 amide bonds. The highest BCUT2D eigenvalue weighted by Gasteiger charge is 2.12. The zero-order valence-electron chi connectivity index (χ0n) is 8.47. The smallest absolute Gasteiger partial charge is 0.242 e. The predicted octanol–water partition coefficient (Wildman–Crippen LogP) is 2.35. The normalized spacial score (nSPS) is 11.6. The molecular formula is C10H10N2O2P. The molecule has 2 rings (SSSR count). The van der Waals surface area contributed by atoms with E-state index < -0.39 is 7.37 Å². The van der Waals surface area contributed by atoms with E-state index >= 15 is 0 Å². The van der Waals surface area contributed by atoms with Crippen molar-refractivity contribution in [1.29, 1.82) is 0 Å². The van der Waals surface area contributed by atoms with Gasteiger partial charge < -0.3 is 4.52 Å². The number of hydrogen-bond acceptors (Lipinski definition) is 4. The van der Waals surface area contributed by atoms with Crippen molar-refractivity contribution in [1.82, 2.24) is 9.97 Å². The Morgan fingerprint density at radius 2 is 2.07 bits per heavy atom. The quantitative estimate of drug-likeness (QED) is 0.730. The van der Waals surface area contributed by atoms with Gasteiger partial charge in [0.2, 0.25) is 7.37 Å². The first-order valence-corrected chi connectivity index (χ1v) is 6.94. The van der Waals surface area contributed by atoms with E-state index in [-0.39, 0.29) is 0 Å². The van der Waals surface area contributed by atoms with E-state index in [0.29, 0.717) is 16.8 Å². The summed E-state index contributed by atoms with van der Waals surface area (Å²) >= 11 is 0. The van der Waals surface area contributed by atoms with Crippen molar-refractivity contribution in [2.75, 3.05) is 13.3 Å². The van der Waals surface area contributed by atoms with Gasteiger partial charge >= 0.3 is 0 Å². The van der Waals surface area contributed by atoms with Gasteiger partial charge in [-0.2, -0.15) is 0 Å². The third-order valence-corrected chi connectivity index (χ3v) is 2.33. The summed E-state index contributed by atoms with van der Waals surface area (Å²) in [6, 6.07) is 6.34. The number of hydrogen-bond donors (Lipinski definition) is 0.